The third-order valence-electron chi connectivity index (χ3n) is 2.91. The molecule has 1 aliphatic carbocycles. The van der Waals surface area contributed by atoms with E-state index in [9.17, 15) is 4.79 Å². The van der Waals surface area contributed by atoms with Crippen molar-refractivity contribution < 1.29 is 9.90 Å². The summed E-state index contributed by atoms with van der Waals surface area (Å²) in [4.78, 5) is 16.7. The van der Waals surface area contributed by atoms with E-state index in [-0.39, 0.29) is 0 Å². The van der Waals surface area contributed by atoms with Crippen LogP contribution in [0.5, 0.6) is 0 Å². The Hall–Kier alpha value is -1.33. The first-order chi connectivity index (χ1) is 8.72. The molecule has 0 aromatic carbocycles. The minimum absolute atomic E-state index is 0.374. The topological polar surface area (TPSA) is 50.2 Å². The zero-order valence-electron chi connectivity index (χ0n) is 9.55. The molecule has 0 radical (unpaired) electrons. The maximum Gasteiger partial charge on any atom is 0.345 e. The van der Waals surface area contributed by atoms with Crippen LogP contribution in [0.1, 0.15) is 27.3 Å². The van der Waals surface area contributed by atoms with E-state index in [1.807, 2.05) is 11.4 Å². The van der Waals surface area contributed by atoms with Gasteiger partial charge in [0.2, 0.25) is 0 Å². The number of rotatable bonds is 3. The molecule has 2 aromatic rings. The van der Waals surface area contributed by atoms with Crippen LogP contribution in [0.2, 0.25) is 0 Å². The zero-order chi connectivity index (χ0) is 12.5. The van der Waals surface area contributed by atoms with Crippen molar-refractivity contribution in [3.8, 4) is 0 Å². The largest absolute Gasteiger partial charge is 0.477 e. The fraction of sp³-hybridized carbons (Fsp3) is 0.231. The summed E-state index contributed by atoms with van der Waals surface area (Å²) in [7, 11) is 0. The lowest BCUT2D eigenvalue weighted by Crippen LogP contribution is -1.90. The lowest BCUT2D eigenvalue weighted by molar-refractivity contribution is 0.0702. The Morgan fingerprint density at radius 1 is 1.39 bits per heavy atom. The van der Waals surface area contributed by atoms with E-state index in [1.165, 1.54) is 40.8 Å². The van der Waals surface area contributed by atoms with Crippen molar-refractivity contribution in [3.05, 3.63) is 39.7 Å². The van der Waals surface area contributed by atoms with Gasteiger partial charge in [0.25, 0.3) is 0 Å². The molecule has 0 unspecified atom stereocenters. The van der Waals surface area contributed by atoms with Crippen molar-refractivity contribution in [1.29, 1.82) is 0 Å². The first kappa shape index (κ1) is 11.7. The molecular weight excluding hydrogens is 266 g/mol. The van der Waals surface area contributed by atoms with Gasteiger partial charge in [-0.1, -0.05) is 17.8 Å². The highest BCUT2D eigenvalue weighted by Crippen LogP contribution is 2.32. The van der Waals surface area contributed by atoms with Crippen LogP contribution in [0, 0.1) is 0 Å². The van der Waals surface area contributed by atoms with E-state index in [0.717, 1.165) is 22.8 Å². The van der Waals surface area contributed by atoms with Gasteiger partial charge in [-0.3, -0.25) is 0 Å². The molecule has 18 heavy (non-hydrogen) atoms. The van der Waals surface area contributed by atoms with Crippen LogP contribution in [0.3, 0.4) is 0 Å². The number of aromatic carboxylic acids is 1. The maximum atomic E-state index is 10.8. The second kappa shape index (κ2) is 4.74. The molecule has 0 bridgehead atoms. The average Bonchev–Trinajstić information content (AvgIpc) is 2.96. The summed E-state index contributed by atoms with van der Waals surface area (Å²) in [6.07, 6.45) is 3.39. The van der Waals surface area contributed by atoms with Crippen LogP contribution >= 0.6 is 23.1 Å². The van der Waals surface area contributed by atoms with E-state index < -0.39 is 5.97 Å². The number of hydrogen-bond donors (Lipinski definition) is 1. The molecule has 3 rings (SSSR count). The number of carboxylic acids is 1. The number of thiophene rings is 1. The number of aryl methyl sites for hydroxylation is 2. The number of fused-ring (bicyclic) bond motifs is 1. The van der Waals surface area contributed by atoms with Crippen molar-refractivity contribution in [3.63, 3.8) is 0 Å². The second-order valence-corrected chi connectivity index (χ2v) is 6.17. The molecule has 0 spiro atoms. The van der Waals surface area contributed by atoms with Gasteiger partial charge in [-0.25, -0.2) is 9.78 Å². The Morgan fingerprint density at radius 2 is 2.28 bits per heavy atom. The fourth-order valence-electron chi connectivity index (χ4n) is 2.06. The summed E-state index contributed by atoms with van der Waals surface area (Å²) in [5.74, 6) is -0.867. The number of hydrogen-bond acceptors (Lipinski definition) is 4. The fourth-order valence-corrected chi connectivity index (χ4v) is 3.79. The Balaban J connectivity index is 1.81. The highest BCUT2D eigenvalue weighted by molar-refractivity contribution is 7.99. The number of pyridine rings is 1. The quantitative estimate of drug-likeness (QED) is 0.933. The molecule has 2 aromatic heterocycles. The van der Waals surface area contributed by atoms with Crippen molar-refractivity contribution in [2.45, 2.75) is 29.2 Å². The highest BCUT2D eigenvalue weighted by atomic mass is 32.2. The standard InChI is InChI=1S/C13H11NO2S2/c15-13(16)11-6-9(7-17-11)18-12-5-4-8-2-1-3-10(8)14-12/h4-7H,1-3H2,(H,15,16). The summed E-state index contributed by atoms with van der Waals surface area (Å²) >= 11 is 2.78. The van der Waals surface area contributed by atoms with Gasteiger partial charge in [-0.15, -0.1) is 11.3 Å². The summed E-state index contributed by atoms with van der Waals surface area (Å²) in [6.45, 7) is 0. The molecule has 0 fully saturated rings. The Labute approximate surface area is 113 Å². The number of nitrogens with zero attached hydrogens (tertiary/aromatic N) is 1. The predicted molar refractivity (Wildman–Crippen MR) is 71.7 cm³/mol. The molecule has 1 N–H and O–H groups in total. The van der Waals surface area contributed by atoms with Gasteiger partial charge in [0.15, 0.2) is 0 Å². The van der Waals surface area contributed by atoms with Gasteiger partial charge in [-0.05, 0) is 37.0 Å². The predicted octanol–water partition coefficient (Wildman–Crippen LogP) is 3.48. The van der Waals surface area contributed by atoms with E-state index in [0.29, 0.717) is 4.88 Å². The molecule has 0 saturated heterocycles. The molecule has 0 aliphatic heterocycles. The molecule has 5 heteroatoms. The summed E-state index contributed by atoms with van der Waals surface area (Å²) in [5.41, 5.74) is 2.56. The molecule has 2 heterocycles. The van der Waals surface area contributed by atoms with Gasteiger partial charge in [0.05, 0.1) is 0 Å². The third-order valence-corrected chi connectivity index (χ3v) is 4.89. The lowest BCUT2D eigenvalue weighted by atomic mass is 10.2. The molecule has 0 amide bonds. The van der Waals surface area contributed by atoms with Crippen LogP contribution in [0.25, 0.3) is 0 Å². The molecule has 0 atom stereocenters. The van der Waals surface area contributed by atoms with E-state index >= 15 is 0 Å². The van der Waals surface area contributed by atoms with Crippen LogP contribution in [0.4, 0.5) is 0 Å². The Morgan fingerprint density at radius 3 is 3.06 bits per heavy atom. The van der Waals surface area contributed by atoms with E-state index in [4.69, 9.17) is 5.11 Å². The van der Waals surface area contributed by atoms with Crippen molar-refractivity contribution >= 4 is 29.1 Å². The van der Waals surface area contributed by atoms with E-state index in [2.05, 4.69) is 11.1 Å². The monoisotopic (exact) mass is 277 g/mol. The van der Waals surface area contributed by atoms with Crippen LogP contribution in [-0.2, 0) is 12.8 Å². The number of carboxylic acid groups (broad SMARTS) is 1. The molecule has 92 valence electrons. The lowest BCUT2D eigenvalue weighted by Gasteiger charge is -2.02. The normalized spacial score (nSPS) is 13.6. The molecule has 0 saturated carbocycles. The number of carbonyl (C=O) groups is 1. The van der Waals surface area contributed by atoms with E-state index in [1.54, 1.807) is 6.07 Å². The van der Waals surface area contributed by atoms with Gasteiger partial charge in [0.1, 0.15) is 9.90 Å². The Bertz CT molecular complexity index is 607. The van der Waals surface area contributed by atoms with Crippen LogP contribution < -0.4 is 0 Å². The van der Waals surface area contributed by atoms with Crippen LogP contribution in [0.15, 0.2) is 33.5 Å². The van der Waals surface area contributed by atoms with Gasteiger partial charge < -0.3 is 5.11 Å². The summed E-state index contributed by atoms with van der Waals surface area (Å²) in [5, 5.41) is 11.7. The zero-order valence-corrected chi connectivity index (χ0v) is 11.2. The van der Waals surface area contributed by atoms with Crippen molar-refractivity contribution in [2.24, 2.45) is 0 Å². The summed E-state index contributed by atoms with van der Waals surface area (Å²) < 4.78 is 0. The van der Waals surface area contributed by atoms with Crippen molar-refractivity contribution in [2.75, 3.05) is 0 Å². The van der Waals surface area contributed by atoms with Crippen LogP contribution in [-0.4, -0.2) is 16.1 Å². The first-order valence-electron chi connectivity index (χ1n) is 5.71. The highest BCUT2D eigenvalue weighted by Gasteiger charge is 2.13. The van der Waals surface area contributed by atoms with Gasteiger partial charge >= 0.3 is 5.97 Å². The minimum Gasteiger partial charge on any atom is -0.477 e. The average molecular weight is 277 g/mol. The Kier molecular flexibility index (Phi) is 3.09. The SMILES string of the molecule is O=C(O)c1cc(Sc2ccc3c(n2)CCC3)cs1. The second-order valence-electron chi connectivity index (χ2n) is 4.16. The third kappa shape index (κ3) is 2.28. The van der Waals surface area contributed by atoms with Gasteiger partial charge in [0, 0.05) is 16.0 Å². The first-order valence-corrected chi connectivity index (χ1v) is 7.40. The van der Waals surface area contributed by atoms with Gasteiger partial charge in [-0.2, -0.15) is 0 Å². The maximum absolute atomic E-state index is 10.8. The molecule has 1 aliphatic rings. The number of aromatic nitrogens is 1. The van der Waals surface area contributed by atoms with Crippen molar-refractivity contribution in [1.82, 2.24) is 4.98 Å². The minimum atomic E-state index is -0.867. The smallest absolute Gasteiger partial charge is 0.345 e. The summed E-state index contributed by atoms with van der Waals surface area (Å²) in [6, 6.07) is 5.86. The molecule has 3 nitrogen and oxygen atoms in total. The molecular formula is C13H11NO2S2.